The lowest BCUT2D eigenvalue weighted by Crippen LogP contribution is -1.96. The lowest BCUT2D eigenvalue weighted by atomic mass is 9.94. The molecule has 0 aliphatic heterocycles. The molecule has 46 heavy (non-hydrogen) atoms. The molecule has 11 aromatic rings. The predicted molar refractivity (Wildman–Crippen MR) is 198 cm³/mol. The molecule has 11 rings (SSSR count). The number of aromatic amines is 1. The van der Waals surface area contributed by atoms with Crippen molar-refractivity contribution in [1.29, 1.82) is 0 Å². The van der Waals surface area contributed by atoms with Gasteiger partial charge in [-0.3, -0.25) is 0 Å². The van der Waals surface area contributed by atoms with Gasteiger partial charge in [0.1, 0.15) is 0 Å². The van der Waals surface area contributed by atoms with Crippen molar-refractivity contribution >= 4 is 97.5 Å². The van der Waals surface area contributed by atoms with E-state index in [1.165, 1.54) is 103 Å². The van der Waals surface area contributed by atoms with E-state index in [-0.39, 0.29) is 0 Å². The fourth-order valence-electron chi connectivity index (χ4n) is 8.36. The Morgan fingerprint density at radius 3 is 1.63 bits per heavy atom. The summed E-state index contributed by atoms with van der Waals surface area (Å²) in [5.41, 5.74) is 6.05. The van der Waals surface area contributed by atoms with Crippen LogP contribution in [0.4, 0.5) is 0 Å². The lowest BCUT2D eigenvalue weighted by molar-refractivity contribution is 1.20. The molecule has 0 radical (unpaired) electrons. The predicted octanol–water partition coefficient (Wildman–Crippen LogP) is 12.2. The molecule has 0 atom stereocenters. The number of aromatic nitrogens is 2. The van der Waals surface area contributed by atoms with Crippen LogP contribution >= 0.6 is 0 Å². The molecule has 0 saturated carbocycles. The molecule has 0 unspecified atom stereocenters. The summed E-state index contributed by atoms with van der Waals surface area (Å²) in [6.45, 7) is 0. The number of rotatable bonds is 1. The van der Waals surface area contributed by atoms with Gasteiger partial charge in [0, 0.05) is 48.9 Å². The summed E-state index contributed by atoms with van der Waals surface area (Å²) in [5, 5.41) is 17.9. The van der Waals surface area contributed by atoms with E-state index in [4.69, 9.17) is 0 Å². The molecular formula is C44H26N2. The van der Waals surface area contributed by atoms with Gasteiger partial charge < -0.3 is 9.55 Å². The number of para-hydroxylation sites is 1. The maximum absolute atomic E-state index is 3.82. The highest BCUT2D eigenvalue weighted by Gasteiger charge is 2.23. The van der Waals surface area contributed by atoms with Crippen LogP contribution in [-0.4, -0.2) is 9.55 Å². The molecule has 0 fully saturated rings. The van der Waals surface area contributed by atoms with Crippen LogP contribution in [0, 0.1) is 0 Å². The second-order valence-electron chi connectivity index (χ2n) is 12.5. The molecule has 2 aromatic heterocycles. The topological polar surface area (TPSA) is 20.7 Å². The van der Waals surface area contributed by atoms with E-state index in [2.05, 4.69) is 161 Å². The van der Waals surface area contributed by atoms with Crippen LogP contribution in [0.3, 0.4) is 0 Å². The standard InChI is InChI=1S/C44H26N2/c1-2-12-28-26(11-1)21-23-37-41-40-36-19-9-10-20-39(36)45-42(40)34-17-7-8-18-35(34)44(41)46(43(28)37)27-22-24-33-31-15-4-3-13-29(31)30-14-5-6-16-32(30)38(33)25-27/h1-25,45H. The van der Waals surface area contributed by atoms with Crippen molar-refractivity contribution in [3.05, 3.63) is 152 Å². The summed E-state index contributed by atoms with van der Waals surface area (Å²) in [6, 6.07) is 55.9. The summed E-state index contributed by atoms with van der Waals surface area (Å²) in [6.07, 6.45) is 0. The average Bonchev–Trinajstić information content (AvgIpc) is 3.69. The third-order valence-electron chi connectivity index (χ3n) is 10.2. The Labute approximate surface area is 263 Å². The molecule has 2 heterocycles. The lowest BCUT2D eigenvalue weighted by Gasteiger charge is -2.15. The van der Waals surface area contributed by atoms with Gasteiger partial charge in [0.25, 0.3) is 0 Å². The van der Waals surface area contributed by atoms with Gasteiger partial charge in [0.2, 0.25) is 0 Å². The van der Waals surface area contributed by atoms with Gasteiger partial charge in [-0.25, -0.2) is 0 Å². The Bertz CT molecular complexity index is 3050. The normalized spacial score (nSPS) is 12.3. The fourth-order valence-corrected chi connectivity index (χ4v) is 8.36. The van der Waals surface area contributed by atoms with Crippen LogP contribution in [0.25, 0.3) is 103 Å². The number of fused-ring (bicyclic) bond motifs is 18. The fraction of sp³-hybridized carbons (Fsp3) is 0. The highest BCUT2D eigenvalue weighted by molar-refractivity contribution is 6.38. The molecule has 2 nitrogen and oxygen atoms in total. The molecule has 0 spiro atoms. The van der Waals surface area contributed by atoms with Gasteiger partial charge in [0.05, 0.1) is 16.6 Å². The molecule has 0 aliphatic rings. The number of H-pyrrole nitrogens is 1. The van der Waals surface area contributed by atoms with Gasteiger partial charge >= 0.3 is 0 Å². The first-order chi connectivity index (χ1) is 22.8. The average molecular weight is 583 g/mol. The van der Waals surface area contributed by atoms with Crippen LogP contribution in [0.15, 0.2) is 152 Å². The Hall–Kier alpha value is -6.12. The maximum Gasteiger partial charge on any atom is 0.0627 e. The summed E-state index contributed by atoms with van der Waals surface area (Å²) in [4.78, 5) is 3.82. The van der Waals surface area contributed by atoms with Crippen LogP contribution in [0.2, 0.25) is 0 Å². The summed E-state index contributed by atoms with van der Waals surface area (Å²) >= 11 is 0. The summed E-state index contributed by atoms with van der Waals surface area (Å²) in [7, 11) is 0. The Kier molecular flexibility index (Phi) is 4.61. The Balaban J connectivity index is 1.42. The zero-order valence-electron chi connectivity index (χ0n) is 24.9. The van der Waals surface area contributed by atoms with Crippen molar-refractivity contribution in [2.45, 2.75) is 0 Å². The molecule has 1 N–H and O–H groups in total. The molecule has 2 heteroatoms. The Morgan fingerprint density at radius 2 is 0.891 bits per heavy atom. The zero-order valence-corrected chi connectivity index (χ0v) is 24.9. The molecular weight excluding hydrogens is 556 g/mol. The first-order valence-corrected chi connectivity index (χ1v) is 16.0. The minimum absolute atomic E-state index is 1.17. The van der Waals surface area contributed by atoms with E-state index in [9.17, 15) is 0 Å². The monoisotopic (exact) mass is 582 g/mol. The van der Waals surface area contributed by atoms with Crippen LogP contribution in [-0.2, 0) is 0 Å². The van der Waals surface area contributed by atoms with E-state index < -0.39 is 0 Å². The summed E-state index contributed by atoms with van der Waals surface area (Å²) < 4.78 is 2.56. The maximum atomic E-state index is 3.82. The van der Waals surface area contributed by atoms with Gasteiger partial charge in [-0.15, -0.1) is 0 Å². The molecule has 0 amide bonds. The number of hydrogen-bond donors (Lipinski definition) is 1. The zero-order chi connectivity index (χ0) is 29.9. The number of benzene rings is 9. The largest absolute Gasteiger partial charge is 0.354 e. The van der Waals surface area contributed by atoms with Crippen molar-refractivity contribution in [3.63, 3.8) is 0 Å². The Morgan fingerprint density at radius 1 is 0.348 bits per heavy atom. The van der Waals surface area contributed by atoms with E-state index >= 15 is 0 Å². The van der Waals surface area contributed by atoms with Gasteiger partial charge in [-0.05, 0) is 55.9 Å². The van der Waals surface area contributed by atoms with Crippen LogP contribution in [0.1, 0.15) is 0 Å². The molecule has 0 bridgehead atoms. The second kappa shape index (κ2) is 8.74. The van der Waals surface area contributed by atoms with Gasteiger partial charge in [-0.1, -0.05) is 133 Å². The van der Waals surface area contributed by atoms with Gasteiger partial charge in [-0.2, -0.15) is 0 Å². The van der Waals surface area contributed by atoms with E-state index in [0.717, 1.165) is 0 Å². The third-order valence-corrected chi connectivity index (χ3v) is 10.2. The van der Waals surface area contributed by atoms with Crippen molar-refractivity contribution in [2.24, 2.45) is 0 Å². The highest BCUT2D eigenvalue weighted by Crippen LogP contribution is 2.47. The molecule has 0 aliphatic carbocycles. The smallest absolute Gasteiger partial charge is 0.0627 e. The summed E-state index contributed by atoms with van der Waals surface area (Å²) in [5.74, 6) is 0. The quantitative estimate of drug-likeness (QED) is 0.186. The first kappa shape index (κ1) is 24.2. The number of nitrogens with zero attached hydrogens (tertiary/aromatic N) is 1. The first-order valence-electron chi connectivity index (χ1n) is 16.0. The highest BCUT2D eigenvalue weighted by atomic mass is 15.0. The van der Waals surface area contributed by atoms with Crippen LogP contribution in [0.5, 0.6) is 0 Å². The van der Waals surface area contributed by atoms with Crippen LogP contribution < -0.4 is 0 Å². The van der Waals surface area contributed by atoms with Crippen molar-refractivity contribution in [1.82, 2.24) is 9.55 Å². The van der Waals surface area contributed by atoms with E-state index in [1.54, 1.807) is 0 Å². The van der Waals surface area contributed by atoms with Crippen molar-refractivity contribution in [3.8, 4) is 5.69 Å². The minimum Gasteiger partial charge on any atom is -0.354 e. The van der Waals surface area contributed by atoms with E-state index in [1.807, 2.05) is 0 Å². The van der Waals surface area contributed by atoms with Gasteiger partial charge in [0.15, 0.2) is 0 Å². The molecule has 0 saturated heterocycles. The minimum atomic E-state index is 1.17. The number of hydrogen-bond acceptors (Lipinski definition) is 0. The molecule has 212 valence electrons. The SMILES string of the molecule is c1ccc2c(c1)ccc1c3c4c5ccccc5[nH]c4c4ccccc4c3n(-c3ccc4c5ccccc5c5ccccc5c4c3)c21. The van der Waals surface area contributed by atoms with Crippen molar-refractivity contribution in [2.75, 3.05) is 0 Å². The second-order valence-corrected chi connectivity index (χ2v) is 12.5. The van der Waals surface area contributed by atoms with Crippen molar-refractivity contribution < 1.29 is 0 Å². The molecule has 9 aromatic carbocycles. The third kappa shape index (κ3) is 3.01. The van der Waals surface area contributed by atoms with E-state index in [0.29, 0.717) is 0 Å². The number of nitrogens with one attached hydrogen (secondary N) is 1.